The summed E-state index contributed by atoms with van der Waals surface area (Å²) < 4.78 is 10.0. The molecule has 0 bridgehead atoms. The molecule has 1 aliphatic carbocycles. The first-order valence-corrected chi connectivity index (χ1v) is 9.54. The van der Waals surface area contributed by atoms with Gasteiger partial charge in [-0.25, -0.2) is 4.79 Å². The fourth-order valence-electron chi connectivity index (χ4n) is 3.38. The number of carbonyl (C=O) groups excluding carboxylic acids is 2. The number of hydrogen-bond donors (Lipinski definition) is 1. The van der Waals surface area contributed by atoms with Gasteiger partial charge in [0.2, 0.25) is 0 Å². The zero-order chi connectivity index (χ0) is 20.4. The summed E-state index contributed by atoms with van der Waals surface area (Å²) >= 11 is 0. The van der Waals surface area contributed by atoms with Crippen molar-refractivity contribution in [2.75, 3.05) is 14.2 Å². The Morgan fingerprint density at radius 1 is 1.07 bits per heavy atom. The van der Waals surface area contributed by atoms with Crippen LogP contribution in [-0.4, -0.2) is 31.1 Å². The molecule has 0 spiro atoms. The number of esters is 1. The zero-order valence-corrected chi connectivity index (χ0v) is 16.4. The second kappa shape index (κ2) is 7.91. The van der Waals surface area contributed by atoms with Crippen molar-refractivity contribution in [3.05, 3.63) is 70.9 Å². The highest BCUT2D eigenvalue weighted by Crippen LogP contribution is 2.40. The number of para-hydroxylation sites is 1. The Morgan fingerprint density at radius 2 is 1.86 bits per heavy atom. The largest absolute Gasteiger partial charge is 0.496 e. The van der Waals surface area contributed by atoms with Gasteiger partial charge in [-0.05, 0) is 42.7 Å². The summed E-state index contributed by atoms with van der Waals surface area (Å²) in [6.45, 7) is 0.280. The molecule has 1 amide bonds. The van der Waals surface area contributed by atoms with Crippen LogP contribution < -0.4 is 10.1 Å². The molecule has 2 aromatic carbocycles. The van der Waals surface area contributed by atoms with Crippen LogP contribution in [0.25, 0.3) is 10.9 Å². The van der Waals surface area contributed by atoms with Crippen LogP contribution in [0.4, 0.5) is 0 Å². The first-order valence-electron chi connectivity index (χ1n) is 9.54. The number of fused-ring (bicyclic) bond motifs is 1. The van der Waals surface area contributed by atoms with E-state index in [4.69, 9.17) is 14.5 Å². The number of benzene rings is 2. The van der Waals surface area contributed by atoms with Crippen molar-refractivity contribution in [3.8, 4) is 5.75 Å². The summed E-state index contributed by atoms with van der Waals surface area (Å²) in [6, 6.07) is 14.8. The molecule has 1 aliphatic rings. The molecule has 0 atom stereocenters. The molecule has 1 heterocycles. The molecule has 6 heteroatoms. The molecular formula is C23H22N2O4. The third-order valence-electron chi connectivity index (χ3n) is 5.10. The zero-order valence-electron chi connectivity index (χ0n) is 16.4. The van der Waals surface area contributed by atoms with Gasteiger partial charge in [0.25, 0.3) is 5.91 Å². The number of methoxy groups -OCH3 is 2. The third-order valence-corrected chi connectivity index (χ3v) is 5.10. The van der Waals surface area contributed by atoms with Crippen molar-refractivity contribution < 1.29 is 19.1 Å². The van der Waals surface area contributed by atoms with Crippen LogP contribution in [-0.2, 0) is 11.3 Å². The topological polar surface area (TPSA) is 77.5 Å². The number of hydrogen-bond acceptors (Lipinski definition) is 5. The Labute approximate surface area is 168 Å². The van der Waals surface area contributed by atoms with Crippen molar-refractivity contribution in [2.24, 2.45) is 0 Å². The minimum absolute atomic E-state index is 0.166. The van der Waals surface area contributed by atoms with Gasteiger partial charge in [-0.1, -0.05) is 24.3 Å². The lowest BCUT2D eigenvalue weighted by molar-refractivity contribution is 0.0597. The molecule has 0 aliphatic heterocycles. The number of ether oxygens (including phenoxy) is 2. The van der Waals surface area contributed by atoms with Gasteiger partial charge in [-0.2, -0.15) is 0 Å². The fourth-order valence-corrected chi connectivity index (χ4v) is 3.38. The number of pyridine rings is 1. The Hall–Kier alpha value is -3.41. The predicted molar refractivity (Wildman–Crippen MR) is 109 cm³/mol. The van der Waals surface area contributed by atoms with Crippen LogP contribution in [0.15, 0.2) is 48.5 Å². The fraction of sp³-hybridized carbons (Fsp3) is 0.261. The maximum absolute atomic E-state index is 13.0. The second-order valence-corrected chi connectivity index (χ2v) is 7.09. The Kier molecular flexibility index (Phi) is 5.16. The Balaban J connectivity index is 1.58. The van der Waals surface area contributed by atoms with E-state index in [2.05, 4.69) is 5.32 Å². The molecule has 1 saturated carbocycles. The minimum atomic E-state index is -0.482. The van der Waals surface area contributed by atoms with Crippen molar-refractivity contribution in [2.45, 2.75) is 25.3 Å². The number of carbonyl (C=O) groups is 2. The average molecular weight is 390 g/mol. The molecule has 0 unspecified atom stereocenters. The number of rotatable bonds is 6. The highest BCUT2D eigenvalue weighted by atomic mass is 16.5. The summed E-state index contributed by atoms with van der Waals surface area (Å²) in [5.74, 6) is 0.238. The van der Waals surface area contributed by atoms with Gasteiger partial charge in [-0.3, -0.25) is 9.78 Å². The lowest BCUT2D eigenvalue weighted by Crippen LogP contribution is -2.23. The van der Waals surface area contributed by atoms with Gasteiger partial charge in [0.15, 0.2) is 0 Å². The first-order chi connectivity index (χ1) is 14.1. The summed E-state index contributed by atoms with van der Waals surface area (Å²) in [4.78, 5) is 29.6. The second-order valence-electron chi connectivity index (χ2n) is 7.09. The molecular weight excluding hydrogens is 368 g/mol. The summed E-state index contributed by atoms with van der Waals surface area (Å²) in [6.07, 6.45) is 2.24. The molecule has 0 radical (unpaired) electrons. The average Bonchev–Trinajstić information content (AvgIpc) is 3.61. The van der Waals surface area contributed by atoms with E-state index < -0.39 is 5.97 Å². The van der Waals surface area contributed by atoms with E-state index in [1.54, 1.807) is 12.1 Å². The smallest absolute Gasteiger partial charge is 0.341 e. The van der Waals surface area contributed by atoms with E-state index in [0.29, 0.717) is 22.8 Å². The van der Waals surface area contributed by atoms with E-state index >= 15 is 0 Å². The van der Waals surface area contributed by atoms with Crippen LogP contribution in [0.3, 0.4) is 0 Å². The van der Waals surface area contributed by atoms with Gasteiger partial charge in [-0.15, -0.1) is 0 Å². The quantitative estimate of drug-likeness (QED) is 0.647. The summed E-state index contributed by atoms with van der Waals surface area (Å²) in [5.41, 5.74) is 3.54. The van der Waals surface area contributed by atoms with Crippen molar-refractivity contribution in [1.82, 2.24) is 10.3 Å². The molecule has 6 nitrogen and oxygen atoms in total. The maximum Gasteiger partial charge on any atom is 0.341 e. The molecule has 1 fully saturated rings. The Morgan fingerprint density at radius 3 is 2.59 bits per heavy atom. The van der Waals surface area contributed by atoms with E-state index in [1.165, 1.54) is 14.2 Å². The molecule has 1 N–H and O–H groups in total. The molecule has 4 rings (SSSR count). The SMILES string of the molecule is COC(=O)c1cc(CNC(=O)c2cc(C3CC3)nc3ccccc23)ccc1OC. The minimum Gasteiger partial charge on any atom is -0.496 e. The lowest BCUT2D eigenvalue weighted by Gasteiger charge is -2.12. The van der Waals surface area contributed by atoms with Crippen LogP contribution >= 0.6 is 0 Å². The number of nitrogens with zero attached hydrogens (tertiary/aromatic N) is 1. The van der Waals surface area contributed by atoms with Gasteiger partial charge < -0.3 is 14.8 Å². The number of nitrogens with one attached hydrogen (secondary N) is 1. The number of amides is 1. The van der Waals surface area contributed by atoms with Crippen molar-refractivity contribution >= 4 is 22.8 Å². The molecule has 3 aromatic rings. The standard InChI is InChI=1S/C23H22N2O4/c1-28-21-10-7-14(11-18(21)23(27)29-2)13-24-22(26)17-12-20(15-8-9-15)25-19-6-4-3-5-16(17)19/h3-7,10-12,15H,8-9,13H2,1-2H3,(H,24,26). The van der Waals surface area contributed by atoms with Gasteiger partial charge in [0.1, 0.15) is 11.3 Å². The van der Waals surface area contributed by atoms with Gasteiger partial charge in [0, 0.05) is 23.5 Å². The van der Waals surface area contributed by atoms with E-state index in [9.17, 15) is 9.59 Å². The summed E-state index contributed by atoms with van der Waals surface area (Å²) in [5, 5.41) is 3.79. The van der Waals surface area contributed by atoms with E-state index in [0.717, 1.165) is 35.0 Å². The normalized spacial score (nSPS) is 13.2. The van der Waals surface area contributed by atoms with Crippen LogP contribution in [0.2, 0.25) is 0 Å². The molecule has 148 valence electrons. The van der Waals surface area contributed by atoms with Crippen LogP contribution in [0.1, 0.15) is 50.7 Å². The summed E-state index contributed by atoms with van der Waals surface area (Å²) in [7, 11) is 2.82. The van der Waals surface area contributed by atoms with Gasteiger partial charge >= 0.3 is 5.97 Å². The van der Waals surface area contributed by atoms with Crippen LogP contribution in [0.5, 0.6) is 5.75 Å². The molecule has 1 aromatic heterocycles. The molecule has 29 heavy (non-hydrogen) atoms. The molecule has 0 saturated heterocycles. The van der Waals surface area contributed by atoms with E-state index in [1.807, 2.05) is 36.4 Å². The first kappa shape index (κ1) is 18.9. The monoisotopic (exact) mass is 390 g/mol. The third kappa shape index (κ3) is 3.92. The predicted octanol–water partition coefficient (Wildman–Crippen LogP) is 3.84. The lowest BCUT2D eigenvalue weighted by atomic mass is 10.0. The van der Waals surface area contributed by atoms with E-state index in [-0.39, 0.29) is 12.5 Å². The van der Waals surface area contributed by atoms with Gasteiger partial charge in [0.05, 0.1) is 25.3 Å². The van der Waals surface area contributed by atoms with Crippen LogP contribution in [0, 0.1) is 0 Å². The highest BCUT2D eigenvalue weighted by molar-refractivity contribution is 6.06. The van der Waals surface area contributed by atoms with Crippen molar-refractivity contribution in [3.63, 3.8) is 0 Å². The maximum atomic E-state index is 13.0. The van der Waals surface area contributed by atoms with Crippen molar-refractivity contribution in [1.29, 1.82) is 0 Å². The highest BCUT2D eigenvalue weighted by Gasteiger charge is 2.27. The Bertz CT molecular complexity index is 1090. The number of aromatic nitrogens is 1.